The summed E-state index contributed by atoms with van der Waals surface area (Å²) in [6, 6.07) is 0.877. The maximum atomic E-state index is 12.5. The first-order valence-electron chi connectivity index (χ1n) is 7.48. The second kappa shape index (κ2) is 7.64. The van der Waals surface area contributed by atoms with E-state index in [1.54, 1.807) is 7.11 Å². The van der Waals surface area contributed by atoms with Gasteiger partial charge in [-0.15, -0.1) is 11.8 Å². The van der Waals surface area contributed by atoms with Crippen molar-refractivity contribution in [1.82, 2.24) is 15.1 Å². The van der Waals surface area contributed by atoms with E-state index in [0.717, 1.165) is 44.3 Å². The lowest BCUT2D eigenvalue weighted by Crippen LogP contribution is -2.60. The molecule has 2 saturated heterocycles. The molecule has 2 fully saturated rings. The lowest BCUT2D eigenvalue weighted by molar-refractivity contribution is -0.137. The van der Waals surface area contributed by atoms with Gasteiger partial charge in [-0.2, -0.15) is 0 Å². The van der Waals surface area contributed by atoms with Crippen LogP contribution in [0.4, 0.5) is 0 Å². The van der Waals surface area contributed by atoms with Gasteiger partial charge in [0.1, 0.15) is 0 Å². The number of piperazine rings is 1. The first-order chi connectivity index (χ1) is 9.63. The summed E-state index contributed by atoms with van der Waals surface area (Å²) in [4.78, 5) is 17.0. The third-order valence-electron chi connectivity index (χ3n) is 4.19. The molecule has 2 aliphatic heterocycles. The number of ether oxygens (including phenoxy) is 1. The third kappa shape index (κ3) is 3.87. The molecule has 0 aromatic rings. The van der Waals surface area contributed by atoms with Gasteiger partial charge in [0.05, 0.1) is 6.04 Å². The van der Waals surface area contributed by atoms with E-state index in [1.807, 2.05) is 16.7 Å². The highest BCUT2D eigenvalue weighted by Gasteiger charge is 2.35. The van der Waals surface area contributed by atoms with Crippen LogP contribution in [0.1, 0.15) is 20.3 Å². The minimum absolute atomic E-state index is 0.0273. The summed E-state index contributed by atoms with van der Waals surface area (Å²) in [6.07, 6.45) is 1.06. The summed E-state index contributed by atoms with van der Waals surface area (Å²) in [6.45, 7) is 7.99. The van der Waals surface area contributed by atoms with E-state index in [4.69, 9.17) is 4.74 Å². The van der Waals surface area contributed by atoms with Crippen LogP contribution in [0.2, 0.25) is 0 Å². The first-order valence-corrected chi connectivity index (χ1v) is 8.63. The zero-order valence-corrected chi connectivity index (χ0v) is 13.6. The third-order valence-corrected chi connectivity index (χ3v) is 5.13. The fraction of sp³-hybridized carbons (Fsp3) is 0.929. The van der Waals surface area contributed by atoms with Gasteiger partial charge in [0.15, 0.2) is 0 Å². The Balaban J connectivity index is 1.86. The fourth-order valence-corrected chi connectivity index (χ4v) is 4.08. The van der Waals surface area contributed by atoms with Crippen LogP contribution in [-0.4, -0.2) is 78.8 Å². The fourth-order valence-electron chi connectivity index (χ4n) is 3.14. The first kappa shape index (κ1) is 16.1. The number of hydrogen-bond acceptors (Lipinski definition) is 5. The van der Waals surface area contributed by atoms with Crippen molar-refractivity contribution in [3.63, 3.8) is 0 Å². The van der Waals surface area contributed by atoms with Gasteiger partial charge in [0.25, 0.3) is 0 Å². The van der Waals surface area contributed by atoms with Crippen LogP contribution in [0, 0.1) is 0 Å². The van der Waals surface area contributed by atoms with Gasteiger partial charge in [-0.25, -0.2) is 0 Å². The Bertz CT molecular complexity index is 312. The van der Waals surface area contributed by atoms with E-state index < -0.39 is 0 Å². The van der Waals surface area contributed by atoms with Gasteiger partial charge in [0.2, 0.25) is 5.91 Å². The Morgan fingerprint density at radius 3 is 2.60 bits per heavy atom. The molecule has 6 heteroatoms. The van der Waals surface area contributed by atoms with E-state index >= 15 is 0 Å². The zero-order valence-electron chi connectivity index (χ0n) is 12.8. The molecule has 2 aliphatic rings. The van der Waals surface area contributed by atoms with Crippen LogP contribution in [-0.2, 0) is 9.53 Å². The molecule has 0 aliphatic carbocycles. The highest BCUT2D eigenvalue weighted by Crippen LogP contribution is 2.19. The molecule has 0 radical (unpaired) electrons. The molecule has 1 amide bonds. The van der Waals surface area contributed by atoms with Crippen molar-refractivity contribution in [1.29, 1.82) is 0 Å². The maximum Gasteiger partial charge on any atom is 0.240 e. The molecule has 5 nitrogen and oxygen atoms in total. The summed E-state index contributed by atoms with van der Waals surface area (Å²) >= 11 is 1.81. The van der Waals surface area contributed by atoms with Gasteiger partial charge in [-0.05, 0) is 20.3 Å². The Morgan fingerprint density at radius 2 is 2.05 bits per heavy atom. The molecular weight excluding hydrogens is 274 g/mol. The summed E-state index contributed by atoms with van der Waals surface area (Å²) in [7, 11) is 1.75. The van der Waals surface area contributed by atoms with Gasteiger partial charge in [0, 0.05) is 57.1 Å². The molecular formula is C14H27N3O2S. The van der Waals surface area contributed by atoms with Crippen LogP contribution >= 0.6 is 11.8 Å². The van der Waals surface area contributed by atoms with Gasteiger partial charge in [-0.1, -0.05) is 0 Å². The Kier molecular flexibility index (Phi) is 6.14. The van der Waals surface area contributed by atoms with Crippen LogP contribution in [0.3, 0.4) is 0 Å². The van der Waals surface area contributed by atoms with E-state index in [9.17, 15) is 4.79 Å². The average molecular weight is 301 g/mol. The quantitative estimate of drug-likeness (QED) is 0.754. The lowest BCUT2D eigenvalue weighted by atomic mass is 10.1. The van der Waals surface area contributed by atoms with E-state index in [0.29, 0.717) is 12.1 Å². The van der Waals surface area contributed by atoms with Crippen molar-refractivity contribution in [2.24, 2.45) is 0 Å². The molecule has 0 saturated carbocycles. The molecule has 0 aromatic carbocycles. The van der Waals surface area contributed by atoms with Gasteiger partial charge < -0.3 is 9.64 Å². The molecule has 3 atom stereocenters. The highest BCUT2D eigenvalue weighted by molar-refractivity contribution is 7.99. The van der Waals surface area contributed by atoms with Crippen LogP contribution in [0.15, 0.2) is 0 Å². The second-order valence-electron chi connectivity index (χ2n) is 5.80. The minimum atomic E-state index is 0.0273. The summed E-state index contributed by atoms with van der Waals surface area (Å²) in [5, 5.41) is 3.28. The minimum Gasteiger partial charge on any atom is -0.385 e. The highest BCUT2D eigenvalue weighted by atomic mass is 32.2. The monoisotopic (exact) mass is 301 g/mol. The standard InChI is InChI=1S/C14H27N3O2S/c1-11-7-16(14(18)13-9-20-10-15-13)8-12(2)17(11)5-4-6-19-3/h11-13,15H,4-10H2,1-3H3. The molecule has 0 aromatic heterocycles. The van der Waals surface area contributed by atoms with Crippen LogP contribution < -0.4 is 5.32 Å². The van der Waals surface area contributed by atoms with Gasteiger partial charge in [-0.3, -0.25) is 15.0 Å². The number of nitrogens with zero attached hydrogens (tertiary/aromatic N) is 2. The van der Waals surface area contributed by atoms with Crippen molar-refractivity contribution in [2.75, 3.05) is 45.0 Å². The molecule has 0 spiro atoms. The van der Waals surface area contributed by atoms with Gasteiger partial charge >= 0.3 is 0 Å². The number of carbonyl (C=O) groups excluding carboxylic acids is 1. The summed E-state index contributed by atoms with van der Waals surface area (Å²) in [5.41, 5.74) is 0. The van der Waals surface area contributed by atoms with Crippen molar-refractivity contribution in [3.8, 4) is 0 Å². The van der Waals surface area contributed by atoms with Crippen molar-refractivity contribution < 1.29 is 9.53 Å². The maximum absolute atomic E-state index is 12.5. The smallest absolute Gasteiger partial charge is 0.240 e. The van der Waals surface area contributed by atoms with Crippen molar-refractivity contribution in [2.45, 2.75) is 38.4 Å². The number of amides is 1. The number of nitrogens with one attached hydrogen (secondary N) is 1. The number of thioether (sulfide) groups is 1. The van der Waals surface area contributed by atoms with E-state index in [2.05, 4.69) is 24.1 Å². The molecule has 20 heavy (non-hydrogen) atoms. The van der Waals surface area contributed by atoms with Crippen LogP contribution in [0.5, 0.6) is 0 Å². The van der Waals surface area contributed by atoms with E-state index in [1.165, 1.54) is 0 Å². The SMILES string of the molecule is COCCCN1C(C)CN(C(=O)C2CSCN2)CC1C. The Hall–Kier alpha value is -0.300. The van der Waals surface area contributed by atoms with Crippen molar-refractivity contribution >= 4 is 17.7 Å². The second-order valence-corrected chi connectivity index (χ2v) is 6.83. The van der Waals surface area contributed by atoms with Crippen molar-refractivity contribution in [3.05, 3.63) is 0 Å². The molecule has 0 bridgehead atoms. The van der Waals surface area contributed by atoms with E-state index in [-0.39, 0.29) is 11.9 Å². The molecule has 2 rings (SSSR count). The number of rotatable bonds is 5. The zero-order chi connectivity index (χ0) is 14.5. The number of methoxy groups -OCH3 is 1. The largest absolute Gasteiger partial charge is 0.385 e. The molecule has 1 N–H and O–H groups in total. The molecule has 3 unspecified atom stereocenters. The molecule has 116 valence electrons. The lowest BCUT2D eigenvalue weighted by Gasteiger charge is -2.45. The Labute approximate surface area is 126 Å². The summed E-state index contributed by atoms with van der Waals surface area (Å²) < 4.78 is 5.13. The number of carbonyl (C=O) groups is 1. The van der Waals surface area contributed by atoms with Crippen LogP contribution in [0.25, 0.3) is 0 Å². The predicted octanol–water partition coefficient (Wildman–Crippen LogP) is 0.607. The predicted molar refractivity (Wildman–Crippen MR) is 83.0 cm³/mol. The average Bonchev–Trinajstić information content (AvgIpc) is 2.95. The normalized spacial score (nSPS) is 31.8. The Morgan fingerprint density at radius 1 is 1.35 bits per heavy atom. The number of hydrogen-bond donors (Lipinski definition) is 1. The molecule has 2 heterocycles. The topological polar surface area (TPSA) is 44.8 Å². The summed E-state index contributed by atoms with van der Waals surface area (Å²) in [5.74, 6) is 2.10.